The van der Waals surface area contributed by atoms with Crippen LogP contribution < -0.4 is 4.90 Å². The number of hydrogen-bond acceptors (Lipinski definition) is 9. The maximum absolute atomic E-state index is 16.3. The molecule has 6 rings (SSSR count). The second-order valence-corrected chi connectivity index (χ2v) is 10.1. The predicted octanol–water partition coefficient (Wildman–Crippen LogP) is 4.38. The van der Waals surface area contributed by atoms with E-state index in [1.54, 1.807) is 48.5 Å². The average molecular weight is 618 g/mol. The van der Waals surface area contributed by atoms with Crippen LogP contribution in [0.5, 0.6) is 0 Å². The van der Waals surface area contributed by atoms with Gasteiger partial charge in [0.15, 0.2) is 30.0 Å². The Labute approximate surface area is 253 Å². The molecule has 4 aromatic rings. The predicted molar refractivity (Wildman–Crippen MR) is 151 cm³/mol. The fraction of sp³-hybridized carbons (Fsp3) is 0.161. The van der Waals surface area contributed by atoms with Gasteiger partial charge in [-0.2, -0.15) is 0 Å². The van der Waals surface area contributed by atoms with Crippen molar-refractivity contribution < 1.29 is 42.6 Å². The summed E-state index contributed by atoms with van der Waals surface area (Å²) in [4.78, 5) is 69.2. The van der Waals surface area contributed by atoms with Crippen molar-refractivity contribution in [3.63, 3.8) is 0 Å². The normalized spacial score (nSPS) is 20.8. The number of aromatic nitrogens is 2. The van der Waals surface area contributed by atoms with E-state index in [1.165, 1.54) is 36.4 Å². The first-order valence-electron chi connectivity index (χ1n) is 13.3. The van der Waals surface area contributed by atoms with Crippen LogP contribution in [0.4, 0.5) is 10.2 Å². The number of alkyl halides is 1. The van der Waals surface area contributed by atoms with Gasteiger partial charge in [0, 0.05) is 0 Å². The molecule has 0 unspecified atom stereocenters. The minimum Gasteiger partial charge on any atom is -0.459 e. The molecule has 2 aliphatic heterocycles. The van der Waals surface area contributed by atoms with E-state index < -0.39 is 71.7 Å². The molecule has 1 fully saturated rings. The third kappa shape index (κ3) is 5.14. The Balaban J connectivity index is 1.34. The molecule has 0 bridgehead atoms. The maximum Gasteiger partial charge on any atom is 0.338 e. The molecule has 1 aromatic heterocycles. The number of imidazole rings is 1. The van der Waals surface area contributed by atoms with Gasteiger partial charge < -0.3 is 14.2 Å². The summed E-state index contributed by atoms with van der Waals surface area (Å²) in [7, 11) is 0. The molecule has 222 valence electrons. The number of nitrogens with zero attached hydrogens (tertiary/aromatic N) is 3. The van der Waals surface area contributed by atoms with Gasteiger partial charge in [-0.1, -0.05) is 48.5 Å². The highest BCUT2D eigenvalue weighted by molar-refractivity contribution is 6.68. The van der Waals surface area contributed by atoms with Gasteiger partial charge in [0.1, 0.15) is 12.7 Å². The second-order valence-electron chi connectivity index (χ2n) is 9.80. The highest BCUT2D eigenvalue weighted by atomic mass is 35.5. The zero-order chi connectivity index (χ0) is 31.0. The molecule has 0 N–H and O–H groups in total. The number of fused-ring (bicyclic) bond motifs is 1. The number of rotatable bonds is 8. The first-order chi connectivity index (χ1) is 21.3. The molecule has 3 heterocycles. The first kappa shape index (κ1) is 28.9. The highest BCUT2D eigenvalue weighted by Gasteiger charge is 2.51. The van der Waals surface area contributed by atoms with Gasteiger partial charge in [0.2, 0.25) is 0 Å². The summed E-state index contributed by atoms with van der Waals surface area (Å²) >= 11 is 5.76. The Bertz CT molecular complexity index is 1750. The zero-order valence-electron chi connectivity index (χ0n) is 22.5. The molecule has 0 radical (unpaired) electrons. The number of carbonyl (C=O) groups is 5. The van der Waals surface area contributed by atoms with Crippen molar-refractivity contribution >= 4 is 46.4 Å². The molecule has 4 atom stereocenters. The summed E-state index contributed by atoms with van der Waals surface area (Å²) in [6.45, 7) is -0.532. The lowest BCUT2D eigenvalue weighted by atomic mass is 10.1. The number of ether oxygens (including phenoxy) is 3. The zero-order valence-corrected chi connectivity index (χ0v) is 23.3. The summed E-state index contributed by atoms with van der Waals surface area (Å²) in [6.07, 6.45) is -5.82. The van der Waals surface area contributed by atoms with Gasteiger partial charge in [0.05, 0.1) is 28.6 Å². The van der Waals surface area contributed by atoms with Gasteiger partial charge in [0.25, 0.3) is 17.1 Å². The second kappa shape index (κ2) is 11.8. The Morgan fingerprint density at radius 2 is 1.39 bits per heavy atom. The lowest BCUT2D eigenvalue weighted by molar-refractivity contribution is -0.0575. The van der Waals surface area contributed by atoms with Crippen LogP contribution >= 0.6 is 11.6 Å². The van der Waals surface area contributed by atoms with E-state index in [9.17, 15) is 24.0 Å². The third-order valence-corrected chi connectivity index (χ3v) is 7.32. The number of amides is 2. The molecule has 0 spiro atoms. The lowest BCUT2D eigenvalue weighted by Gasteiger charge is -2.22. The Morgan fingerprint density at radius 1 is 0.841 bits per heavy atom. The molecule has 13 heteroatoms. The SMILES string of the molecule is O=C(OC[C@H]1O[C@@H](n2cnc(C(=O)Cl)c2N2C(=O)c3ccccc3C2=O)[C@@H](F)[C@@H]1OC(=O)c1ccccc1)c1ccccc1. The van der Waals surface area contributed by atoms with Crippen molar-refractivity contribution in [2.24, 2.45) is 0 Å². The highest BCUT2D eigenvalue weighted by Crippen LogP contribution is 2.40. The van der Waals surface area contributed by atoms with Gasteiger partial charge in [-0.15, -0.1) is 0 Å². The van der Waals surface area contributed by atoms with Crippen LogP contribution in [0.2, 0.25) is 0 Å². The van der Waals surface area contributed by atoms with Gasteiger partial charge in [-0.25, -0.2) is 23.9 Å². The maximum atomic E-state index is 16.3. The number of imide groups is 1. The topological polar surface area (TPSA) is 134 Å². The summed E-state index contributed by atoms with van der Waals surface area (Å²) in [5, 5.41) is -1.12. The van der Waals surface area contributed by atoms with Crippen LogP contribution in [0.25, 0.3) is 0 Å². The van der Waals surface area contributed by atoms with Crippen molar-refractivity contribution in [1.29, 1.82) is 0 Å². The Kier molecular flexibility index (Phi) is 7.77. The van der Waals surface area contributed by atoms with Crippen LogP contribution in [0, 0.1) is 0 Å². The first-order valence-corrected chi connectivity index (χ1v) is 13.7. The Morgan fingerprint density at radius 3 is 1.95 bits per heavy atom. The minimum atomic E-state index is -2.15. The van der Waals surface area contributed by atoms with Crippen molar-refractivity contribution in [3.8, 4) is 0 Å². The molecule has 1 saturated heterocycles. The largest absolute Gasteiger partial charge is 0.459 e. The molecule has 2 aliphatic rings. The van der Waals surface area contributed by atoms with Crippen molar-refractivity contribution in [1.82, 2.24) is 9.55 Å². The number of hydrogen-bond donors (Lipinski definition) is 0. The van der Waals surface area contributed by atoms with Crippen LogP contribution in [-0.2, 0) is 14.2 Å². The number of esters is 2. The third-order valence-electron chi connectivity index (χ3n) is 7.14. The van der Waals surface area contributed by atoms with E-state index in [1.807, 2.05) is 0 Å². The van der Waals surface area contributed by atoms with Gasteiger partial charge in [-0.3, -0.25) is 19.0 Å². The number of carbonyl (C=O) groups excluding carboxylic acids is 5. The lowest BCUT2D eigenvalue weighted by Crippen LogP contribution is -2.37. The fourth-order valence-electron chi connectivity index (χ4n) is 5.06. The molecular weight excluding hydrogens is 597 g/mol. The van der Waals surface area contributed by atoms with Gasteiger partial charge in [-0.05, 0) is 48.0 Å². The fourth-order valence-corrected chi connectivity index (χ4v) is 5.19. The molecular formula is C31H21ClFN3O8. The minimum absolute atomic E-state index is 0.0581. The molecule has 0 saturated carbocycles. The molecule has 2 amide bonds. The van der Waals surface area contributed by atoms with Crippen LogP contribution in [-0.4, -0.2) is 63.5 Å². The molecule has 11 nitrogen and oxygen atoms in total. The average Bonchev–Trinajstić information content (AvgIpc) is 3.68. The van der Waals surface area contributed by atoms with E-state index in [0.717, 1.165) is 10.9 Å². The van der Waals surface area contributed by atoms with Crippen LogP contribution in [0.15, 0.2) is 91.3 Å². The van der Waals surface area contributed by atoms with E-state index in [4.69, 9.17) is 25.8 Å². The van der Waals surface area contributed by atoms with Crippen LogP contribution in [0.3, 0.4) is 0 Å². The monoisotopic (exact) mass is 617 g/mol. The standard InChI is InChI=1S/C31H21ClFN3O8/c32-25(37)23-26(36-27(38)19-13-7-8-14-20(19)28(36)39)35(16-34-23)29-22(33)24(44-31(41)18-11-5-2-6-12-18)21(43-29)15-42-30(40)17-9-3-1-4-10-17/h1-14,16,21-22,24,29H,15H2/t21-,22+,24-,29-/m1/s1. The van der Waals surface area contributed by atoms with Crippen LogP contribution in [0.1, 0.15) is 58.1 Å². The van der Waals surface area contributed by atoms with E-state index in [0.29, 0.717) is 4.90 Å². The number of anilines is 1. The number of halogens is 2. The van der Waals surface area contributed by atoms with E-state index in [2.05, 4.69) is 4.98 Å². The summed E-state index contributed by atoms with van der Waals surface area (Å²) in [5.74, 6) is -3.62. The summed E-state index contributed by atoms with van der Waals surface area (Å²) in [5.41, 5.74) is -0.0313. The quantitative estimate of drug-likeness (QED) is 0.160. The molecule has 44 heavy (non-hydrogen) atoms. The molecule has 3 aromatic carbocycles. The van der Waals surface area contributed by atoms with E-state index in [-0.39, 0.29) is 22.3 Å². The summed E-state index contributed by atoms with van der Waals surface area (Å²) in [6, 6.07) is 21.8. The summed E-state index contributed by atoms with van der Waals surface area (Å²) < 4.78 is 34.1. The smallest absolute Gasteiger partial charge is 0.338 e. The van der Waals surface area contributed by atoms with E-state index >= 15 is 4.39 Å². The Hall–Kier alpha value is -5.20. The van der Waals surface area contributed by atoms with Crippen molar-refractivity contribution in [3.05, 3.63) is 119 Å². The number of benzene rings is 3. The van der Waals surface area contributed by atoms with Crippen molar-refractivity contribution in [2.45, 2.75) is 24.6 Å². The van der Waals surface area contributed by atoms with Crippen molar-refractivity contribution in [2.75, 3.05) is 11.5 Å². The molecule has 0 aliphatic carbocycles. The van der Waals surface area contributed by atoms with Gasteiger partial charge >= 0.3 is 11.9 Å².